The van der Waals surface area contributed by atoms with Gasteiger partial charge in [-0.15, -0.1) is 11.3 Å². The molecular formula is C21H21NO4S. The average molecular weight is 383 g/mol. The lowest BCUT2D eigenvalue weighted by atomic mass is 10.1. The van der Waals surface area contributed by atoms with Crippen molar-refractivity contribution in [2.24, 2.45) is 0 Å². The minimum Gasteiger partial charge on any atom is -0.545 e. The van der Waals surface area contributed by atoms with E-state index in [4.69, 9.17) is 9.47 Å². The fraction of sp³-hybridized carbons (Fsp3) is 0.190. The van der Waals surface area contributed by atoms with Gasteiger partial charge in [0, 0.05) is 16.0 Å². The highest BCUT2D eigenvalue weighted by molar-refractivity contribution is 7.09. The van der Waals surface area contributed by atoms with Gasteiger partial charge in [-0.3, -0.25) is 0 Å². The summed E-state index contributed by atoms with van der Waals surface area (Å²) in [7, 11) is 1.64. The Kier molecular flexibility index (Phi) is 6.46. The number of rotatable bonds is 9. The zero-order valence-corrected chi connectivity index (χ0v) is 15.8. The fourth-order valence-electron chi connectivity index (χ4n) is 2.68. The number of nitrogens with two attached hydrogens (primary N) is 1. The molecule has 0 spiro atoms. The van der Waals surface area contributed by atoms with E-state index in [1.165, 1.54) is 4.88 Å². The molecule has 0 aliphatic carbocycles. The van der Waals surface area contributed by atoms with Gasteiger partial charge in [-0.05, 0) is 35.2 Å². The summed E-state index contributed by atoms with van der Waals surface area (Å²) in [5.74, 6) is 0.294. The third-order valence-corrected chi connectivity index (χ3v) is 4.98. The number of methoxy groups -OCH3 is 1. The number of aromatic carboxylic acids is 1. The van der Waals surface area contributed by atoms with Crippen molar-refractivity contribution in [2.45, 2.75) is 19.7 Å². The molecule has 0 amide bonds. The lowest BCUT2D eigenvalue weighted by Gasteiger charge is -2.11. The largest absolute Gasteiger partial charge is 0.545 e. The molecule has 0 saturated heterocycles. The fourth-order valence-corrected chi connectivity index (χ4v) is 3.30. The molecule has 27 heavy (non-hydrogen) atoms. The van der Waals surface area contributed by atoms with Crippen molar-refractivity contribution in [1.82, 2.24) is 0 Å². The van der Waals surface area contributed by atoms with Gasteiger partial charge >= 0.3 is 0 Å². The monoisotopic (exact) mass is 383 g/mol. The van der Waals surface area contributed by atoms with Gasteiger partial charge in [0.1, 0.15) is 19.7 Å². The minimum atomic E-state index is -1.15. The Morgan fingerprint density at radius 1 is 1.04 bits per heavy atom. The summed E-state index contributed by atoms with van der Waals surface area (Å²) in [4.78, 5) is 11.9. The maximum absolute atomic E-state index is 10.8. The van der Waals surface area contributed by atoms with Crippen LogP contribution in [0.3, 0.4) is 0 Å². The number of hydrogen-bond donors (Lipinski definition) is 1. The lowest BCUT2D eigenvalue weighted by molar-refractivity contribution is -0.686. The second-order valence-electron chi connectivity index (χ2n) is 6.03. The molecule has 1 aromatic heterocycles. The highest BCUT2D eigenvalue weighted by Crippen LogP contribution is 2.29. The van der Waals surface area contributed by atoms with E-state index in [1.807, 2.05) is 47.8 Å². The van der Waals surface area contributed by atoms with E-state index in [9.17, 15) is 9.90 Å². The number of ether oxygens (including phenoxy) is 2. The molecule has 0 unspecified atom stereocenters. The second kappa shape index (κ2) is 9.21. The predicted molar refractivity (Wildman–Crippen MR) is 102 cm³/mol. The first-order chi connectivity index (χ1) is 13.2. The zero-order valence-electron chi connectivity index (χ0n) is 15.0. The van der Waals surface area contributed by atoms with E-state index in [2.05, 4.69) is 5.32 Å². The van der Waals surface area contributed by atoms with Gasteiger partial charge in [0.05, 0.1) is 13.1 Å². The second-order valence-corrected chi connectivity index (χ2v) is 7.07. The number of thiophene rings is 1. The summed E-state index contributed by atoms with van der Waals surface area (Å²) in [6, 6.07) is 16.8. The van der Waals surface area contributed by atoms with Crippen molar-refractivity contribution in [3.63, 3.8) is 0 Å². The van der Waals surface area contributed by atoms with Crippen LogP contribution in [0.4, 0.5) is 0 Å². The van der Waals surface area contributed by atoms with Gasteiger partial charge in [0.15, 0.2) is 11.5 Å². The highest BCUT2D eigenvalue weighted by Gasteiger charge is 2.08. The third-order valence-electron chi connectivity index (χ3n) is 4.13. The first kappa shape index (κ1) is 18.9. The van der Waals surface area contributed by atoms with Crippen LogP contribution >= 0.6 is 11.3 Å². The van der Waals surface area contributed by atoms with Crippen molar-refractivity contribution in [3.8, 4) is 11.5 Å². The summed E-state index contributed by atoms with van der Waals surface area (Å²) in [5.41, 5.74) is 2.38. The van der Waals surface area contributed by atoms with Crippen molar-refractivity contribution in [3.05, 3.63) is 81.5 Å². The topological polar surface area (TPSA) is 75.2 Å². The molecule has 0 saturated carbocycles. The van der Waals surface area contributed by atoms with Crippen LogP contribution in [-0.4, -0.2) is 13.1 Å². The molecular weight excluding hydrogens is 362 g/mol. The van der Waals surface area contributed by atoms with Gasteiger partial charge in [-0.25, -0.2) is 0 Å². The molecule has 140 valence electrons. The quantitative estimate of drug-likeness (QED) is 0.613. The number of carboxylic acid groups (broad SMARTS) is 1. The number of benzene rings is 2. The smallest absolute Gasteiger partial charge is 0.161 e. The predicted octanol–water partition coefficient (Wildman–Crippen LogP) is 1.96. The molecule has 2 N–H and O–H groups in total. The molecule has 5 nitrogen and oxygen atoms in total. The molecule has 0 aliphatic rings. The number of quaternary nitrogens is 1. The summed E-state index contributed by atoms with van der Waals surface area (Å²) >= 11 is 1.66. The van der Waals surface area contributed by atoms with Crippen LogP contribution < -0.4 is 19.9 Å². The third kappa shape index (κ3) is 5.32. The van der Waals surface area contributed by atoms with Crippen molar-refractivity contribution in [2.75, 3.05) is 7.11 Å². The van der Waals surface area contributed by atoms with Crippen molar-refractivity contribution < 1.29 is 24.7 Å². The van der Waals surface area contributed by atoms with Gasteiger partial charge in [-0.1, -0.05) is 30.3 Å². The standard InChI is InChI=1S/C21H21NO4S/c1-25-20-11-16(6-9-19(20)26-14-18-3-2-10-27-18)13-22-12-15-4-7-17(8-5-15)21(23)24/h2-11,22H,12-14H2,1H3,(H,23,24). The molecule has 0 bridgehead atoms. The van der Waals surface area contributed by atoms with Gasteiger partial charge in [-0.2, -0.15) is 0 Å². The van der Waals surface area contributed by atoms with Crippen LogP contribution in [0, 0.1) is 0 Å². The average Bonchev–Trinajstić information content (AvgIpc) is 3.21. The molecule has 1 heterocycles. The summed E-state index contributed by atoms with van der Waals surface area (Å²) in [6.45, 7) is 2.07. The molecule has 0 fully saturated rings. The maximum atomic E-state index is 10.8. The first-order valence-electron chi connectivity index (χ1n) is 8.60. The van der Waals surface area contributed by atoms with Gasteiger partial charge in [0.25, 0.3) is 0 Å². The Hall–Kier alpha value is -2.83. The maximum Gasteiger partial charge on any atom is 0.161 e. The van der Waals surface area contributed by atoms with Crippen molar-refractivity contribution >= 4 is 17.3 Å². The molecule has 0 radical (unpaired) electrons. The molecule has 0 aliphatic heterocycles. The number of carboxylic acids is 1. The van der Waals surface area contributed by atoms with Gasteiger partial charge in [0.2, 0.25) is 0 Å². The Balaban J connectivity index is 1.54. The normalized spacial score (nSPS) is 10.6. The molecule has 6 heteroatoms. The van der Waals surface area contributed by atoms with Crippen LogP contribution in [0.2, 0.25) is 0 Å². The molecule has 3 aromatic rings. The lowest BCUT2D eigenvalue weighted by Crippen LogP contribution is -2.80. The Morgan fingerprint density at radius 2 is 1.78 bits per heavy atom. The number of carbonyl (C=O) groups excluding carboxylic acids is 1. The van der Waals surface area contributed by atoms with E-state index in [1.54, 1.807) is 30.6 Å². The van der Waals surface area contributed by atoms with Crippen LogP contribution in [0.1, 0.15) is 26.4 Å². The van der Waals surface area contributed by atoms with Crippen LogP contribution in [0.5, 0.6) is 11.5 Å². The zero-order chi connectivity index (χ0) is 19.1. The minimum absolute atomic E-state index is 0.196. The number of carbonyl (C=O) groups is 1. The van der Waals surface area contributed by atoms with Gasteiger partial charge < -0.3 is 24.7 Å². The Labute approximate surface area is 162 Å². The highest BCUT2D eigenvalue weighted by atomic mass is 32.1. The molecule has 0 atom stereocenters. The summed E-state index contributed by atoms with van der Waals surface area (Å²) < 4.78 is 11.3. The van der Waals surface area contributed by atoms with E-state index in [0.29, 0.717) is 6.61 Å². The summed E-state index contributed by atoms with van der Waals surface area (Å²) in [6.07, 6.45) is 0. The Morgan fingerprint density at radius 3 is 2.44 bits per heavy atom. The molecule has 3 rings (SSSR count). The van der Waals surface area contributed by atoms with Crippen LogP contribution in [-0.2, 0) is 19.7 Å². The summed E-state index contributed by atoms with van der Waals surface area (Å²) in [5, 5.41) is 14.9. The molecule has 2 aromatic carbocycles. The van der Waals surface area contributed by atoms with E-state index < -0.39 is 5.97 Å². The van der Waals surface area contributed by atoms with Crippen LogP contribution in [0.25, 0.3) is 0 Å². The van der Waals surface area contributed by atoms with E-state index in [-0.39, 0.29) is 5.56 Å². The van der Waals surface area contributed by atoms with Crippen LogP contribution in [0.15, 0.2) is 60.0 Å². The first-order valence-corrected chi connectivity index (χ1v) is 9.47. The number of hydrogen-bond acceptors (Lipinski definition) is 5. The van der Waals surface area contributed by atoms with E-state index in [0.717, 1.165) is 35.7 Å². The Bertz CT molecular complexity index is 876. The van der Waals surface area contributed by atoms with E-state index >= 15 is 0 Å². The SMILES string of the molecule is COc1cc(C[NH2+]Cc2ccc(C(=O)[O-])cc2)ccc1OCc1cccs1. The van der Waals surface area contributed by atoms with Crippen molar-refractivity contribution in [1.29, 1.82) is 0 Å².